The average molecular weight is 225 g/mol. The molecule has 2 heteroatoms. The molecule has 0 aliphatic heterocycles. The lowest BCUT2D eigenvalue weighted by Gasteiger charge is -2.15. The van der Waals surface area contributed by atoms with Crippen molar-refractivity contribution in [1.29, 1.82) is 0 Å². The molecule has 17 heavy (non-hydrogen) atoms. The fourth-order valence-corrected chi connectivity index (χ4v) is 1.64. The first-order valence-corrected chi connectivity index (χ1v) is 5.38. The summed E-state index contributed by atoms with van der Waals surface area (Å²) in [6.07, 6.45) is 9.61. The van der Waals surface area contributed by atoms with Crippen LogP contribution in [0.15, 0.2) is 72.2 Å². The maximum Gasteiger partial charge on any atom is 0.0590 e. The Kier molecular flexibility index (Phi) is 3.46. The molecule has 0 heterocycles. The summed E-state index contributed by atoms with van der Waals surface area (Å²) in [4.78, 5) is 0. The molecule has 0 aromatic heterocycles. The van der Waals surface area contributed by atoms with Crippen LogP contribution < -0.4 is 5.11 Å². The van der Waals surface area contributed by atoms with E-state index in [2.05, 4.69) is 0 Å². The van der Waals surface area contributed by atoms with E-state index in [4.69, 9.17) is 4.74 Å². The number of benzene rings is 1. The van der Waals surface area contributed by atoms with Gasteiger partial charge in [0.05, 0.1) is 5.95 Å². The summed E-state index contributed by atoms with van der Waals surface area (Å²) in [5.74, 6) is -0.322. The van der Waals surface area contributed by atoms with Gasteiger partial charge in [-0.25, -0.2) is 0 Å². The van der Waals surface area contributed by atoms with Crippen LogP contribution in [0, 0.1) is 0 Å². The number of hydrogen-bond acceptors (Lipinski definition) is 2. The van der Waals surface area contributed by atoms with Crippen LogP contribution in [0.5, 0.6) is 0 Å². The SMILES string of the molecule is CO/C([O-])=C(\C=C1C=CC=C1)c1ccccc1. The maximum absolute atomic E-state index is 11.7. The molecule has 0 spiro atoms. The number of ether oxygens (including phenoxy) is 1. The summed E-state index contributed by atoms with van der Waals surface area (Å²) >= 11 is 0. The highest BCUT2D eigenvalue weighted by Crippen LogP contribution is 2.21. The zero-order valence-electron chi connectivity index (χ0n) is 9.59. The summed E-state index contributed by atoms with van der Waals surface area (Å²) in [7, 11) is 1.39. The van der Waals surface area contributed by atoms with E-state index in [1.807, 2.05) is 60.7 Å². The first kappa shape index (κ1) is 11.3. The summed E-state index contributed by atoms with van der Waals surface area (Å²) in [6, 6.07) is 9.51. The molecule has 1 aliphatic rings. The van der Waals surface area contributed by atoms with E-state index in [0.29, 0.717) is 5.57 Å². The average Bonchev–Trinajstić information content (AvgIpc) is 2.89. The second-order valence-electron chi connectivity index (χ2n) is 3.63. The van der Waals surface area contributed by atoms with Gasteiger partial charge < -0.3 is 9.84 Å². The van der Waals surface area contributed by atoms with Crippen LogP contribution in [0.2, 0.25) is 0 Å². The first-order valence-electron chi connectivity index (χ1n) is 5.38. The third kappa shape index (κ3) is 2.67. The zero-order chi connectivity index (χ0) is 12.1. The Balaban J connectivity index is 2.44. The molecule has 0 unspecified atom stereocenters. The van der Waals surface area contributed by atoms with Crippen molar-refractivity contribution in [3.8, 4) is 0 Å². The third-order valence-corrected chi connectivity index (χ3v) is 2.49. The number of rotatable bonds is 3. The molecule has 0 fully saturated rings. The second kappa shape index (κ2) is 5.21. The summed E-state index contributed by atoms with van der Waals surface area (Å²) in [5.41, 5.74) is 2.43. The number of allylic oxidation sites excluding steroid dienone is 7. The Bertz CT molecular complexity index is 491. The highest BCUT2D eigenvalue weighted by atomic mass is 16.6. The van der Waals surface area contributed by atoms with Gasteiger partial charge in [0, 0.05) is 5.57 Å². The van der Waals surface area contributed by atoms with Gasteiger partial charge in [0.25, 0.3) is 0 Å². The maximum atomic E-state index is 11.7. The molecule has 0 radical (unpaired) electrons. The quantitative estimate of drug-likeness (QED) is 0.740. The van der Waals surface area contributed by atoms with Crippen LogP contribution in [0.25, 0.3) is 5.57 Å². The second-order valence-corrected chi connectivity index (χ2v) is 3.63. The molecule has 0 amide bonds. The zero-order valence-corrected chi connectivity index (χ0v) is 9.59. The van der Waals surface area contributed by atoms with Crippen LogP contribution in [0.3, 0.4) is 0 Å². The summed E-state index contributed by atoms with van der Waals surface area (Å²) < 4.78 is 4.81. The van der Waals surface area contributed by atoms with Gasteiger partial charge in [0.15, 0.2) is 0 Å². The van der Waals surface area contributed by atoms with E-state index in [9.17, 15) is 5.11 Å². The van der Waals surface area contributed by atoms with E-state index < -0.39 is 0 Å². The van der Waals surface area contributed by atoms with Crippen molar-refractivity contribution in [2.75, 3.05) is 7.11 Å². The lowest BCUT2D eigenvalue weighted by molar-refractivity contribution is -0.351. The molecular weight excluding hydrogens is 212 g/mol. The molecule has 0 bridgehead atoms. The smallest absolute Gasteiger partial charge is 0.0590 e. The molecule has 0 saturated heterocycles. The van der Waals surface area contributed by atoms with Crippen LogP contribution in [-0.4, -0.2) is 7.11 Å². The summed E-state index contributed by atoms with van der Waals surface area (Å²) in [6.45, 7) is 0. The lowest BCUT2D eigenvalue weighted by Crippen LogP contribution is -2.08. The predicted octanol–water partition coefficient (Wildman–Crippen LogP) is 2.41. The molecule has 2 rings (SSSR count). The minimum absolute atomic E-state index is 0.322. The van der Waals surface area contributed by atoms with E-state index in [0.717, 1.165) is 11.1 Å². The largest absolute Gasteiger partial charge is 0.616 e. The molecule has 0 saturated carbocycles. The summed E-state index contributed by atoms with van der Waals surface area (Å²) in [5, 5.41) is 11.7. The van der Waals surface area contributed by atoms with Gasteiger partial charge in [-0.2, -0.15) is 0 Å². The van der Waals surface area contributed by atoms with Gasteiger partial charge in [0.2, 0.25) is 0 Å². The Morgan fingerprint density at radius 1 is 1.12 bits per heavy atom. The number of hydrogen-bond donors (Lipinski definition) is 0. The molecule has 0 atom stereocenters. The Morgan fingerprint density at radius 3 is 2.35 bits per heavy atom. The van der Waals surface area contributed by atoms with Crippen molar-refractivity contribution in [1.82, 2.24) is 0 Å². The van der Waals surface area contributed by atoms with Gasteiger partial charge in [-0.15, -0.1) is 0 Å². The molecular formula is C15H13O2-. The van der Waals surface area contributed by atoms with Crippen LogP contribution in [0.4, 0.5) is 0 Å². The van der Waals surface area contributed by atoms with Crippen LogP contribution >= 0.6 is 0 Å². The molecule has 0 N–H and O–H groups in total. The van der Waals surface area contributed by atoms with Crippen molar-refractivity contribution in [3.05, 3.63) is 77.8 Å². The number of methoxy groups -OCH3 is 1. The standard InChI is InChI=1S/C15H14O2/c1-17-15(16)14(11-12-7-5-6-8-12)13-9-3-2-4-10-13/h2-11,16H,1H3/p-1/b15-14+. The van der Waals surface area contributed by atoms with E-state index in [1.54, 1.807) is 0 Å². The Labute approximate surface area is 101 Å². The fourth-order valence-electron chi connectivity index (χ4n) is 1.64. The van der Waals surface area contributed by atoms with Crippen molar-refractivity contribution in [2.45, 2.75) is 0 Å². The van der Waals surface area contributed by atoms with Crippen molar-refractivity contribution in [2.24, 2.45) is 0 Å². The van der Waals surface area contributed by atoms with Crippen molar-refractivity contribution in [3.63, 3.8) is 0 Å². The highest BCUT2D eigenvalue weighted by molar-refractivity contribution is 5.76. The fraction of sp³-hybridized carbons (Fsp3) is 0.0667. The topological polar surface area (TPSA) is 32.3 Å². The monoisotopic (exact) mass is 225 g/mol. The highest BCUT2D eigenvalue weighted by Gasteiger charge is 2.02. The molecule has 1 aromatic carbocycles. The van der Waals surface area contributed by atoms with E-state index in [1.165, 1.54) is 7.11 Å². The third-order valence-electron chi connectivity index (χ3n) is 2.49. The minimum atomic E-state index is -0.322. The van der Waals surface area contributed by atoms with Crippen molar-refractivity contribution < 1.29 is 9.84 Å². The van der Waals surface area contributed by atoms with Crippen LogP contribution in [0.1, 0.15) is 5.56 Å². The molecule has 86 valence electrons. The van der Waals surface area contributed by atoms with Gasteiger partial charge in [-0.05, 0) is 24.3 Å². The van der Waals surface area contributed by atoms with E-state index in [-0.39, 0.29) is 5.95 Å². The predicted molar refractivity (Wildman–Crippen MR) is 66.7 cm³/mol. The van der Waals surface area contributed by atoms with Gasteiger partial charge in [0.1, 0.15) is 0 Å². The normalized spacial score (nSPS) is 14.8. The lowest BCUT2D eigenvalue weighted by atomic mass is 10.0. The van der Waals surface area contributed by atoms with Gasteiger partial charge in [-0.3, -0.25) is 0 Å². The molecule has 1 aliphatic carbocycles. The van der Waals surface area contributed by atoms with Gasteiger partial charge in [-0.1, -0.05) is 54.6 Å². The Hall–Kier alpha value is -2.22. The van der Waals surface area contributed by atoms with Crippen LogP contribution in [-0.2, 0) is 4.74 Å². The van der Waals surface area contributed by atoms with Gasteiger partial charge >= 0.3 is 0 Å². The van der Waals surface area contributed by atoms with E-state index >= 15 is 0 Å². The molecule has 2 nitrogen and oxygen atoms in total. The first-order chi connectivity index (χ1) is 8.31. The minimum Gasteiger partial charge on any atom is -0.616 e. The molecule has 1 aromatic rings. The Morgan fingerprint density at radius 2 is 1.76 bits per heavy atom. The van der Waals surface area contributed by atoms with Crippen molar-refractivity contribution >= 4 is 5.57 Å².